The molecule has 2 aromatic carbocycles. The maximum absolute atomic E-state index is 14.2. The number of aromatic nitrogens is 2. The molecule has 1 saturated carbocycles. The van der Waals surface area contributed by atoms with Crippen LogP contribution >= 0.6 is 11.6 Å². The minimum Gasteiger partial charge on any atom is -0.323 e. The van der Waals surface area contributed by atoms with E-state index < -0.39 is 15.3 Å². The van der Waals surface area contributed by atoms with Crippen molar-refractivity contribution in [2.24, 2.45) is 0 Å². The Morgan fingerprint density at radius 2 is 1.89 bits per heavy atom. The molecule has 2 fully saturated rings. The Hall–Kier alpha value is -2.49. The zero-order valence-corrected chi connectivity index (χ0v) is 21.7. The summed E-state index contributed by atoms with van der Waals surface area (Å²) >= 11 is 6.27. The summed E-state index contributed by atoms with van der Waals surface area (Å²) in [5, 5.41) is 0.593. The van der Waals surface area contributed by atoms with Crippen molar-refractivity contribution in [3.8, 4) is 0 Å². The molecule has 0 atom stereocenters. The second-order valence-corrected chi connectivity index (χ2v) is 13.1. The number of likely N-dealkylation sites (tertiary alicyclic amines) is 1. The third-order valence-electron chi connectivity index (χ3n) is 7.90. The van der Waals surface area contributed by atoms with Crippen molar-refractivity contribution >= 4 is 44.1 Å². The monoisotopic (exact) mass is 530 g/mol. The van der Waals surface area contributed by atoms with Gasteiger partial charge >= 0.3 is 0 Å². The largest absolute Gasteiger partial charge is 0.323 e. The average molecular weight is 531 g/mol. The molecule has 190 valence electrons. The fourth-order valence-electron chi connectivity index (χ4n) is 5.86. The van der Waals surface area contributed by atoms with Crippen molar-refractivity contribution in [2.45, 2.75) is 43.7 Å². The predicted octanol–water partition coefficient (Wildman–Crippen LogP) is 4.09. The fraction of sp³-hybridized carbons (Fsp3) is 0.462. The minimum absolute atomic E-state index is 0.0235. The van der Waals surface area contributed by atoms with Gasteiger partial charge in [0.15, 0.2) is 0 Å². The Bertz CT molecular complexity index is 1480. The van der Waals surface area contributed by atoms with E-state index in [1.165, 1.54) is 18.4 Å². The lowest BCUT2D eigenvalue weighted by Gasteiger charge is -2.33. The molecule has 1 saturated heterocycles. The number of sulfone groups is 1. The van der Waals surface area contributed by atoms with Crippen molar-refractivity contribution in [1.82, 2.24) is 14.5 Å². The fourth-order valence-corrected chi connectivity index (χ4v) is 6.62. The zero-order valence-electron chi connectivity index (χ0n) is 20.1. The second kappa shape index (κ2) is 8.53. The number of rotatable bonds is 6. The van der Waals surface area contributed by atoms with Crippen LogP contribution in [-0.2, 0) is 26.6 Å². The number of anilines is 1. The van der Waals surface area contributed by atoms with Crippen LogP contribution in [0.15, 0.2) is 36.4 Å². The molecule has 3 aliphatic rings. The van der Waals surface area contributed by atoms with Gasteiger partial charge in [-0.15, -0.1) is 0 Å². The number of carbonyl (C=O) groups is 1. The molecule has 1 amide bonds. The van der Waals surface area contributed by atoms with Crippen LogP contribution in [0.2, 0.25) is 5.02 Å². The van der Waals surface area contributed by atoms with Crippen LogP contribution < -0.4 is 4.90 Å². The summed E-state index contributed by atoms with van der Waals surface area (Å²) in [4.78, 5) is 22.3. The topological polar surface area (TPSA) is 75.5 Å². The molecule has 0 bridgehead atoms. The van der Waals surface area contributed by atoms with Gasteiger partial charge in [0.25, 0.3) is 0 Å². The third-order valence-corrected chi connectivity index (χ3v) is 9.05. The zero-order chi connectivity index (χ0) is 25.2. The van der Waals surface area contributed by atoms with E-state index >= 15 is 0 Å². The van der Waals surface area contributed by atoms with E-state index in [2.05, 4.69) is 9.47 Å². The Kier molecular flexibility index (Phi) is 5.66. The van der Waals surface area contributed by atoms with Gasteiger partial charge < -0.3 is 14.4 Å². The molecule has 0 unspecified atom stereocenters. The van der Waals surface area contributed by atoms with E-state index in [9.17, 15) is 17.6 Å². The highest BCUT2D eigenvalue weighted by molar-refractivity contribution is 7.90. The predicted molar refractivity (Wildman–Crippen MR) is 138 cm³/mol. The summed E-state index contributed by atoms with van der Waals surface area (Å²) < 4.78 is 39.6. The van der Waals surface area contributed by atoms with E-state index in [0.29, 0.717) is 17.3 Å². The number of halogens is 2. The maximum atomic E-state index is 14.2. The number of nitrogens with zero attached hydrogens (tertiary/aromatic N) is 4. The molecule has 2 aliphatic heterocycles. The summed E-state index contributed by atoms with van der Waals surface area (Å²) in [5.41, 5.74) is 2.78. The number of amides is 1. The molecule has 7 nitrogen and oxygen atoms in total. The number of piperidine rings is 1. The lowest BCUT2D eigenvalue weighted by molar-refractivity contribution is -0.120. The summed E-state index contributed by atoms with van der Waals surface area (Å²) in [7, 11) is -3.00. The van der Waals surface area contributed by atoms with Gasteiger partial charge in [-0.05, 0) is 61.6 Å². The Balaban J connectivity index is 1.32. The summed E-state index contributed by atoms with van der Waals surface area (Å²) in [6, 6.07) is 10.4. The van der Waals surface area contributed by atoms with Crippen LogP contribution in [0, 0.1) is 5.82 Å². The van der Waals surface area contributed by atoms with Gasteiger partial charge in [0.05, 0.1) is 34.4 Å². The molecule has 3 aromatic rings. The van der Waals surface area contributed by atoms with Crippen LogP contribution in [-0.4, -0.2) is 60.4 Å². The van der Waals surface area contributed by atoms with Crippen LogP contribution in [0.1, 0.15) is 43.1 Å². The van der Waals surface area contributed by atoms with Gasteiger partial charge in [0, 0.05) is 37.0 Å². The molecule has 0 radical (unpaired) electrons. The standard InChI is InChI=1S/C26H28ClFN4O3S/c1-36(34,35)13-12-30-10-6-19(7-11-30)32-22-5-2-17(27)14-21(22)29-24(32)16-31-23-15-18(28)3-4-20(23)26(8-9-26)25(31)33/h2-5,14-15,19H,6-13,16H2,1H3. The molecular weight excluding hydrogens is 503 g/mol. The smallest absolute Gasteiger partial charge is 0.238 e. The highest BCUT2D eigenvalue weighted by atomic mass is 35.5. The quantitative estimate of drug-likeness (QED) is 0.480. The summed E-state index contributed by atoms with van der Waals surface area (Å²) in [6.45, 7) is 2.36. The summed E-state index contributed by atoms with van der Waals surface area (Å²) in [6.07, 6.45) is 4.53. The Morgan fingerprint density at radius 3 is 2.58 bits per heavy atom. The molecule has 1 aromatic heterocycles. The van der Waals surface area contributed by atoms with Crippen molar-refractivity contribution < 1.29 is 17.6 Å². The van der Waals surface area contributed by atoms with Crippen LogP contribution in [0.25, 0.3) is 11.0 Å². The van der Waals surface area contributed by atoms with Gasteiger partial charge in [-0.3, -0.25) is 4.79 Å². The number of hydrogen-bond acceptors (Lipinski definition) is 5. The lowest BCUT2D eigenvalue weighted by atomic mass is 9.98. The molecule has 0 N–H and O–H groups in total. The third kappa shape index (κ3) is 4.11. The molecule has 6 rings (SSSR count). The number of benzene rings is 2. The van der Waals surface area contributed by atoms with Crippen molar-refractivity contribution in [1.29, 1.82) is 0 Å². The van der Waals surface area contributed by atoms with E-state index in [-0.39, 0.29) is 30.1 Å². The average Bonchev–Trinajstić information content (AvgIpc) is 3.51. The second-order valence-electron chi connectivity index (χ2n) is 10.4. The van der Waals surface area contributed by atoms with Gasteiger partial charge in [0.1, 0.15) is 21.5 Å². The molecule has 10 heteroatoms. The van der Waals surface area contributed by atoms with Gasteiger partial charge in [-0.1, -0.05) is 17.7 Å². The highest BCUT2D eigenvalue weighted by Gasteiger charge is 2.59. The lowest BCUT2D eigenvalue weighted by Crippen LogP contribution is -2.38. The highest BCUT2D eigenvalue weighted by Crippen LogP contribution is 2.57. The van der Waals surface area contributed by atoms with Crippen molar-refractivity contribution in [3.63, 3.8) is 0 Å². The molecule has 3 heterocycles. The van der Waals surface area contributed by atoms with Crippen LogP contribution in [0.4, 0.5) is 10.1 Å². The van der Waals surface area contributed by atoms with Crippen molar-refractivity contribution in [2.75, 3.05) is 36.5 Å². The van der Waals surface area contributed by atoms with E-state index in [0.717, 1.165) is 61.2 Å². The Labute approximate surface area is 214 Å². The van der Waals surface area contributed by atoms with Crippen LogP contribution in [0.5, 0.6) is 0 Å². The number of carbonyl (C=O) groups excluding carboxylic acids is 1. The van der Waals surface area contributed by atoms with Gasteiger partial charge in [-0.25, -0.2) is 17.8 Å². The van der Waals surface area contributed by atoms with Gasteiger partial charge in [-0.2, -0.15) is 0 Å². The summed E-state index contributed by atoms with van der Waals surface area (Å²) in [5.74, 6) is 0.578. The Morgan fingerprint density at radius 1 is 1.14 bits per heavy atom. The number of imidazole rings is 1. The number of hydrogen-bond donors (Lipinski definition) is 0. The molecule has 36 heavy (non-hydrogen) atoms. The molecule has 1 spiro atoms. The van der Waals surface area contributed by atoms with Gasteiger partial charge in [0.2, 0.25) is 5.91 Å². The first kappa shape index (κ1) is 23.9. The first-order valence-corrected chi connectivity index (χ1v) is 14.8. The SMILES string of the molecule is CS(=O)(=O)CCN1CCC(n2c(CN3C(=O)C4(CC4)c4ccc(F)cc43)nc3cc(Cl)ccc32)CC1. The number of fused-ring (bicyclic) bond motifs is 3. The molecule has 1 aliphatic carbocycles. The van der Waals surface area contributed by atoms with Crippen molar-refractivity contribution in [3.05, 3.63) is 58.6 Å². The van der Waals surface area contributed by atoms with E-state index in [4.69, 9.17) is 16.6 Å². The minimum atomic E-state index is -3.00. The first-order chi connectivity index (χ1) is 17.1. The normalized spacial score (nSPS) is 20.0. The van der Waals surface area contributed by atoms with E-state index in [1.54, 1.807) is 11.0 Å². The van der Waals surface area contributed by atoms with Crippen LogP contribution in [0.3, 0.4) is 0 Å². The molecular formula is C26H28ClFN4O3S. The first-order valence-electron chi connectivity index (χ1n) is 12.3. The maximum Gasteiger partial charge on any atom is 0.238 e. The van der Waals surface area contributed by atoms with E-state index in [1.807, 2.05) is 18.2 Å².